The molecule has 5 aliphatic rings. The van der Waals surface area contributed by atoms with Gasteiger partial charge in [-0.15, -0.1) is 0 Å². The molecule has 0 spiro atoms. The van der Waals surface area contributed by atoms with Crippen LogP contribution in [-0.4, -0.2) is 101 Å². The summed E-state index contributed by atoms with van der Waals surface area (Å²) < 4.78 is 51.7. The Balaban J connectivity index is 1.08. The number of hydrogen-bond donors (Lipinski definition) is 4. The summed E-state index contributed by atoms with van der Waals surface area (Å²) in [6.45, 7) is 8.07. The van der Waals surface area contributed by atoms with E-state index in [0.29, 0.717) is 60.2 Å². The molecule has 1 saturated heterocycles. The molecule has 3 saturated carbocycles. The minimum atomic E-state index is -3.89. The van der Waals surface area contributed by atoms with E-state index < -0.39 is 62.6 Å². The number of aliphatic hydroxyl groups excluding tert-OH is 1. The number of hydrogen-bond acceptors (Lipinski definition) is 13. The van der Waals surface area contributed by atoms with E-state index in [1.807, 2.05) is 24.3 Å². The van der Waals surface area contributed by atoms with Gasteiger partial charge in [-0.1, -0.05) is 75.6 Å². The number of aromatic nitrogens is 2. The molecule has 4 fully saturated rings. The molecule has 2 aromatic heterocycles. The summed E-state index contributed by atoms with van der Waals surface area (Å²) >= 11 is 0. The molecule has 2 aliphatic heterocycles. The number of primary amides is 1. The van der Waals surface area contributed by atoms with Crippen molar-refractivity contribution in [3.63, 3.8) is 0 Å². The smallest absolute Gasteiger partial charge is 0.408 e. The number of aliphatic hydroxyl groups is 1. The maximum atomic E-state index is 15.0. The third kappa shape index (κ3) is 9.66. The number of quaternary nitrogens is 1. The lowest BCUT2D eigenvalue weighted by atomic mass is 9.87. The number of amides is 3. The van der Waals surface area contributed by atoms with Crippen LogP contribution in [0.15, 0.2) is 58.5 Å². The number of nitrogens with two attached hydrogens (primary N) is 1. The molecule has 9 rings (SSSR count). The van der Waals surface area contributed by atoms with Crippen LogP contribution in [0.1, 0.15) is 130 Å². The zero-order valence-electron chi connectivity index (χ0n) is 39.3. The molecule has 3 amide bonds. The molecule has 2 aromatic carbocycles. The van der Waals surface area contributed by atoms with Crippen molar-refractivity contribution in [2.75, 3.05) is 13.7 Å². The van der Waals surface area contributed by atoms with Crippen LogP contribution in [0.3, 0.4) is 0 Å². The summed E-state index contributed by atoms with van der Waals surface area (Å²) in [6.07, 6.45) is 7.82. The summed E-state index contributed by atoms with van der Waals surface area (Å²) in [4.78, 5) is 54.3. The van der Waals surface area contributed by atoms with Crippen molar-refractivity contribution < 1.29 is 51.3 Å². The van der Waals surface area contributed by atoms with E-state index in [1.54, 1.807) is 20.1 Å². The number of fused-ring (bicyclic) bond motifs is 6. The van der Waals surface area contributed by atoms with Crippen LogP contribution in [0.25, 0.3) is 33.5 Å². The zero-order chi connectivity index (χ0) is 47.3. The average molecular weight is 942 g/mol. The number of nitrogens with one attached hydrogen (secondary N) is 2. The summed E-state index contributed by atoms with van der Waals surface area (Å²) in [6, 6.07) is 11.6. The van der Waals surface area contributed by atoms with Gasteiger partial charge in [-0.3, -0.25) is 10.1 Å². The van der Waals surface area contributed by atoms with Crippen molar-refractivity contribution in [2.24, 2.45) is 0 Å². The number of ether oxygens (including phenoxy) is 3. The molecule has 5 N–H and O–H groups in total. The Bertz CT molecular complexity index is 2670. The number of nitrogens with zero attached hydrogens (tertiary/aromatic N) is 3. The molecule has 0 radical (unpaired) electrons. The summed E-state index contributed by atoms with van der Waals surface area (Å²) in [5.74, 6) is -0.0320. The molecule has 4 heterocycles. The molecule has 2 bridgehead atoms. The lowest BCUT2D eigenvalue weighted by Crippen LogP contribution is -2.97. The van der Waals surface area contributed by atoms with Gasteiger partial charge >= 0.3 is 22.0 Å². The van der Waals surface area contributed by atoms with Crippen LogP contribution >= 0.6 is 0 Å². The standard InChI is InChI=1S/C50H64N6O10S/c1-48(2,3)32-21-19-31(20-22-32)42-52-39-35-16-12-18-38(63-5)40(35)66-41(39)44(53-42)64-34-27-37-43(57)54-50(46(59)55-67(61,62)49(4)25-26-49)24-23-30(28-50)13-8-6-7-9-17-36(45(58)56(37)29-34)51-47(60)65-33-14-10-11-15-33/h12-13,16,18-22,33-34,36-37,43,54,57H,6-11,14-15,17,23-29H2,1-5H3,(H,51,60)(H,55,59)/p+1/b30-13-/t34-,36+,37+,43?,50-/m1/s1. The number of para-hydroxylation sites is 1. The number of carbonyl (C=O) groups is 3. The van der Waals surface area contributed by atoms with Gasteiger partial charge in [-0.2, -0.15) is 18.1 Å². The molecule has 16 nitrogen and oxygen atoms in total. The Morgan fingerprint density at radius 2 is 1.72 bits per heavy atom. The molecule has 5 atom stereocenters. The largest absolute Gasteiger partial charge is 0.493 e. The number of carbonyl (C=O) groups excluding carboxylic acids is 3. The maximum absolute atomic E-state index is 15.0. The highest BCUT2D eigenvalue weighted by molar-refractivity contribution is 7.86. The highest BCUT2D eigenvalue weighted by atomic mass is 32.2. The van der Waals surface area contributed by atoms with E-state index in [0.717, 1.165) is 66.4 Å². The highest BCUT2D eigenvalue weighted by Crippen LogP contribution is 2.43. The van der Waals surface area contributed by atoms with Gasteiger partial charge in [0.05, 0.1) is 25.1 Å². The van der Waals surface area contributed by atoms with Gasteiger partial charge in [-0.05, 0) is 107 Å². The Labute approximate surface area is 392 Å². The van der Waals surface area contributed by atoms with E-state index in [9.17, 15) is 23.1 Å². The summed E-state index contributed by atoms with van der Waals surface area (Å²) in [5.41, 5.74) is 2.62. The van der Waals surface area contributed by atoms with Crippen molar-refractivity contribution in [3.05, 3.63) is 59.7 Å². The first kappa shape index (κ1) is 47.0. The van der Waals surface area contributed by atoms with Crippen LogP contribution in [0.4, 0.5) is 4.79 Å². The second kappa shape index (κ2) is 18.4. The predicted octanol–water partition coefficient (Wildman–Crippen LogP) is 6.43. The predicted molar refractivity (Wildman–Crippen MR) is 251 cm³/mol. The fourth-order valence-corrected chi connectivity index (χ4v) is 11.7. The second-order valence-electron chi connectivity index (χ2n) is 20.7. The molecule has 4 aromatic rings. The number of alkyl carbamates (subject to hydrolysis) is 1. The minimum absolute atomic E-state index is 0.0201. The first-order valence-corrected chi connectivity index (χ1v) is 25.6. The number of furan rings is 1. The number of methoxy groups -OCH3 is 1. The number of primary sulfonamides is 1. The molecule has 1 unspecified atom stereocenters. The summed E-state index contributed by atoms with van der Waals surface area (Å²) in [5, 5.41) is 19.2. The first-order chi connectivity index (χ1) is 32.0. The Morgan fingerprint density at radius 1 is 0.970 bits per heavy atom. The molecular weight excluding hydrogens is 877 g/mol. The monoisotopic (exact) mass is 941 g/mol. The zero-order valence-corrected chi connectivity index (χ0v) is 40.1. The van der Waals surface area contributed by atoms with Crippen molar-refractivity contribution in [2.45, 2.75) is 170 Å². The van der Waals surface area contributed by atoms with E-state index in [-0.39, 0.29) is 48.8 Å². The van der Waals surface area contributed by atoms with Crippen LogP contribution in [0, 0.1) is 0 Å². The molecule has 360 valence electrons. The Hall–Kier alpha value is -5.10. The van der Waals surface area contributed by atoms with Gasteiger partial charge in [-0.25, -0.2) is 14.6 Å². The third-order valence-electron chi connectivity index (χ3n) is 14.7. The third-order valence-corrected chi connectivity index (χ3v) is 17.0. The van der Waals surface area contributed by atoms with Gasteiger partial charge in [0.1, 0.15) is 40.3 Å². The van der Waals surface area contributed by atoms with Crippen molar-refractivity contribution in [3.8, 4) is 23.0 Å². The first-order valence-electron chi connectivity index (χ1n) is 24.1. The second-order valence-corrected chi connectivity index (χ2v) is 23.0. The number of allylic oxidation sites excluding steroid dienone is 1. The van der Waals surface area contributed by atoms with E-state index in [1.165, 1.54) is 4.90 Å². The van der Waals surface area contributed by atoms with Crippen molar-refractivity contribution in [1.29, 1.82) is 0 Å². The fraction of sp³-hybridized carbons (Fsp3) is 0.580. The lowest BCUT2D eigenvalue weighted by Gasteiger charge is -2.36. The van der Waals surface area contributed by atoms with Crippen LogP contribution in [0.2, 0.25) is 0 Å². The van der Waals surface area contributed by atoms with Crippen LogP contribution in [0.5, 0.6) is 11.6 Å². The quantitative estimate of drug-likeness (QED) is 0.133. The van der Waals surface area contributed by atoms with Crippen molar-refractivity contribution in [1.82, 2.24) is 25.5 Å². The van der Waals surface area contributed by atoms with Gasteiger partial charge in [0.25, 0.3) is 5.88 Å². The molecular formula is C50H65N6O10S+. The van der Waals surface area contributed by atoms with Gasteiger partial charge < -0.3 is 34.0 Å². The molecule has 67 heavy (non-hydrogen) atoms. The topological polar surface area (TPSA) is 216 Å². The van der Waals surface area contributed by atoms with Gasteiger partial charge in [0, 0.05) is 12.0 Å². The normalized spacial score (nSPS) is 26.9. The molecule has 3 aliphatic carbocycles. The van der Waals surface area contributed by atoms with E-state index >= 15 is 4.79 Å². The summed E-state index contributed by atoms with van der Waals surface area (Å²) in [7, 11) is -2.33. The van der Waals surface area contributed by atoms with Crippen LogP contribution in [-0.2, 0) is 29.8 Å². The molecule has 17 heteroatoms. The Morgan fingerprint density at radius 3 is 2.43 bits per heavy atom. The van der Waals surface area contributed by atoms with E-state index in [2.05, 4.69) is 49.6 Å². The van der Waals surface area contributed by atoms with Crippen LogP contribution < -0.4 is 24.8 Å². The van der Waals surface area contributed by atoms with E-state index in [4.69, 9.17) is 28.6 Å². The lowest BCUT2D eigenvalue weighted by molar-refractivity contribution is -0.421. The number of sulfonamides is 1. The van der Waals surface area contributed by atoms with Gasteiger partial charge in [0.2, 0.25) is 11.5 Å². The average Bonchev–Trinajstić information content (AvgIpc) is 3.75. The van der Waals surface area contributed by atoms with Gasteiger partial charge in [0.15, 0.2) is 17.2 Å². The van der Waals surface area contributed by atoms with Crippen molar-refractivity contribution >= 4 is 50.0 Å². The fourth-order valence-electron chi connectivity index (χ4n) is 10.2. The minimum Gasteiger partial charge on any atom is -0.493 e. The maximum Gasteiger partial charge on any atom is 0.408 e. The highest BCUT2D eigenvalue weighted by Gasteiger charge is 2.58. The number of benzene rings is 2. The SMILES string of the molecule is COc1cccc2c1oc1c(O[C@@H]3C[C@H]4C(O)N[C@]5(C(=O)[NH2+]S(=O)(=O)C6(C)CC6)CC/C(=C/CCCCC[C@H](NC(=O)OC6CCCC6)C(=O)N4C3)C5)nc(-c3ccc(C(C)(C)C)cc3)nc12. The Kier molecular flexibility index (Phi) is 12.9. The number of rotatable bonds is 9.